The van der Waals surface area contributed by atoms with Crippen LogP contribution in [-0.2, 0) is 11.3 Å². The van der Waals surface area contributed by atoms with Crippen molar-refractivity contribution in [2.75, 3.05) is 19.8 Å². The summed E-state index contributed by atoms with van der Waals surface area (Å²) in [5, 5.41) is 3.23. The van der Waals surface area contributed by atoms with Gasteiger partial charge in [0.1, 0.15) is 0 Å². The van der Waals surface area contributed by atoms with E-state index in [1.165, 1.54) is 6.07 Å². The molecule has 1 aliphatic heterocycles. The van der Waals surface area contributed by atoms with Crippen molar-refractivity contribution in [3.8, 4) is 0 Å². The highest BCUT2D eigenvalue weighted by Gasteiger charge is 2.14. The van der Waals surface area contributed by atoms with Crippen LogP contribution in [0.4, 0.5) is 8.78 Å². The predicted molar refractivity (Wildman–Crippen MR) is 61.6 cm³/mol. The van der Waals surface area contributed by atoms with Gasteiger partial charge in [-0.05, 0) is 43.0 Å². The number of ether oxygens (including phenoxy) is 1. The van der Waals surface area contributed by atoms with Gasteiger partial charge in [-0.15, -0.1) is 0 Å². The van der Waals surface area contributed by atoms with Gasteiger partial charge in [0.2, 0.25) is 0 Å². The van der Waals surface area contributed by atoms with Crippen LogP contribution < -0.4 is 5.32 Å². The molecule has 0 bridgehead atoms. The fraction of sp³-hybridized carbons (Fsp3) is 0.538. The van der Waals surface area contributed by atoms with E-state index in [0.717, 1.165) is 44.2 Å². The number of nitrogens with one attached hydrogen (secondary N) is 1. The average molecular weight is 241 g/mol. The summed E-state index contributed by atoms with van der Waals surface area (Å²) in [6, 6.07) is 4.00. The Hall–Kier alpha value is -1.00. The lowest BCUT2D eigenvalue weighted by Gasteiger charge is -2.08. The van der Waals surface area contributed by atoms with Gasteiger partial charge in [-0.1, -0.05) is 6.07 Å². The molecule has 1 unspecified atom stereocenters. The maximum absolute atomic E-state index is 12.9. The van der Waals surface area contributed by atoms with Gasteiger partial charge in [0.25, 0.3) is 0 Å². The molecule has 0 aliphatic carbocycles. The summed E-state index contributed by atoms with van der Waals surface area (Å²) in [6.45, 7) is 3.18. The van der Waals surface area contributed by atoms with Crippen LogP contribution in [0, 0.1) is 17.6 Å². The molecule has 0 spiro atoms. The third-order valence-corrected chi connectivity index (χ3v) is 3.07. The summed E-state index contributed by atoms with van der Waals surface area (Å²) in [5.41, 5.74) is 0.770. The second-order valence-corrected chi connectivity index (χ2v) is 4.44. The van der Waals surface area contributed by atoms with Gasteiger partial charge in [-0.2, -0.15) is 0 Å². The maximum atomic E-state index is 12.9. The monoisotopic (exact) mass is 241 g/mol. The van der Waals surface area contributed by atoms with Crippen molar-refractivity contribution in [2.24, 2.45) is 5.92 Å². The Balaban J connectivity index is 1.68. The van der Waals surface area contributed by atoms with E-state index in [0.29, 0.717) is 12.5 Å². The summed E-state index contributed by atoms with van der Waals surface area (Å²) in [6.07, 6.45) is 2.20. The van der Waals surface area contributed by atoms with Crippen LogP contribution in [0.25, 0.3) is 0 Å². The lowest BCUT2D eigenvalue weighted by atomic mass is 10.1. The fourth-order valence-corrected chi connectivity index (χ4v) is 2.00. The number of benzene rings is 1. The standard InChI is InChI=1S/C13H17F2NO/c14-12-2-1-11(7-13(12)15)8-16-5-3-10-4-6-17-9-10/h1-2,7,10,16H,3-6,8-9H2. The first-order chi connectivity index (χ1) is 8.25. The van der Waals surface area contributed by atoms with E-state index in [2.05, 4.69) is 5.32 Å². The number of halogens is 2. The third kappa shape index (κ3) is 3.75. The third-order valence-electron chi connectivity index (χ3n) is 3.07. The molecule has 0 amide bonds. The zero-order chi connectivity index (χ0) is 12.1. The van der Waals surface area contributed by atoms with E-state index in [1.807, 2.05) is 0 Å². The molecule has 0 radical (unpaired) electrons. The minimum atomic E-state index is -0.795. The summed E-state index contributed by atoms with van der Waals surface area (Å²) in [4.78, 5) is 0. The highest BCUT2D eigenvalue weighted by molar-refractivity contribution is 5.17. The molecule has 1 aromatic rings. The molecule has 94 valence electrons. The molecular formula is C13H17F2NO. The smallest absolute Gasteiger partial charge is 0.159 e. The van der Waals surface area contributed by atoms with Crippen LogP contribution in [0.3, 0.4) is 0 Å². The van der Waals surface area contributed by atoms with E-state index < -0.39 is 11.6 Å². The van der Waals surface area contributed by atoms with E-state index in [4.69, 9.17) is 4.74 Å². The quantitative estimate of drug-likeness (QED) is 0.800. The summed E-state index contributed by atoms with van der Waals surface area (Å²) < 4.78 is 30.9. The van der Waals surface area contributed by atoms with Crippen molar-refractivity contribution >= 4 is 0 Å². The van der Waals surface area contributed by atoms with Crippen molar-refractivity contribution < 1.29 is 13.5 Å². The first-order valence-electron chi connectivity index (χ1n) is 5.98. The van der Waals surface area contributed by atoms with Gasteiger partial charge in [-0.25, -0.2) is 8.78 Å². The molecule has 1 atom stereocenters. The second kappa shape index (κ2) is 6.07. The van der Waals surface area contributed by atoms with E-state index >= 15 is 0 Å². The summed E-state index contributed by atoms with van der Waals surface area (Å²) in [5.74, 6) is -0.933. The maximum Gasteiger partial charge on any atom is 0.159 e. The Morgan fingerprint density at radius 2 is 2.18 bits per heavy atom. The van der Waals surface area contributed by atoms with Crippen molar-refractivity contribution in [3.05, 3.63) is 35.4 Å². The first-order valence-corrected chi connectivity index (χ1v) is 5.98. The molecule has 1 heterocycles. The zero-order valence-corrected chi connectivity index (χ0v) is 9.72. The van der Waals surface area contributed by atoms with Gasteiger partial charge >= 0.3 is 0 Å². The molecule has 2 nitrogen and oxygen atoms in total. The second-order valence-electron chi connectivity index (χ2n) is 4.44. The van der Waals surface area contributed by atoms with Crippen molar-refractivity contribution in [1.29, 1.82) is 0 Å². The largest absolute Gasteiger partial charge is 0.381 e. The lowest BCUT2D eigenvalue weighted by Crippen LogP contribution is -2.18. The van der Waals surface area contributed by atoms with Gasteiger partial charge in [-0.3, -0.25) is 0 Å². The van der Waals surface area contributed by atoms with Crippen LogP contribution in [-0.4, -0.2) is 19.8 Å². The van der Waals surface area contributed by atoms with Crippen LogP contribution in [0.2, 0.25) is 0 Å². The summed E-state index contributed by atoms with van der Waals surface area (Å²) in [7, 11) is 0. The van der Waals surface area contributed by atoms with E-state index in [9.17, 15) is 8.78 Å². The van der Waals surface area contributed by atoms with Gasteiger partial charge < -0.3 is 10.1 Å². The highest BCUT2D eigenvalue weighted by atomic mass is 19.2. The Bertz CT molecular complexity index is 364. The first kappa shape index (κ1) is 12.5. The van der Waals surface area contributed by atoms with Crippen molar-refractivity contribution in [2.45, 2.75) is 19.4 Å². The molecule has 1 saturated heterocycles. The molecule has 17 heavy (non-hydrogen) atoms. The van der Waals surface area contributed by atoms with Crippen molar-refractivity contribution in [1.82, 2.24) is 5.32 Å². The topological polar surface area (TPSA) is 21.3 Å². The predicted octanol–water partition coefficient (Wildman–Crippen LogP) is 2.48. The Morgan fingerprint density at radius 1 is 1.29 bits per heavy atom. The van der Waals surface area contributed by atoms with Gasteiger partial charge in [0, 0.05) is 19.8 Å². The highest BCUT2D eigenvalue weighted by Crippen LogP contribution is 2.15. The minimum absolute atomic E-state index is 0.574. The van der Waals surface area contributed by atoms with Crippen LogP contribution >= 0.6 is 0 Å². The zero-order valence-electron chi connectivity index (χ0n) is 9.72. The molecule has 1 aliphatic rings. The number of hydrogen-bond acceptors (Lipinski definition) is 2. The molecular weight excluding hydrogens is 224 g/mol. The Kier molecular flexibility index (Phi) is 4.45. The molecule has 0 saturated carbocycles. The average Bonchev–Trinajstić information content (AvgIpc) is 2.82. The van der Waals surface area contributed by atoms with Crippen LogP contribution in [0.15, 0.2) is 18.2 Å². The fourth-order valence-electron chi connectivity index (χ4n) is 2.00. The SMILES string of the molecule is Fc1ccc(CNCCC2CCOC2)cc1F. The summed E-state index contributed by atoms with van der Waals surface area (Å²) >= 11 is 0. The molecule has 0 aromatic heterocycles. The number of rotatable bonds is 5. The normalized spacial score (nSPS) is 19.8. The minimum Gasteiger partial charge on any atom is -0.381 e. The van der Waals surface area contributed by atoms with Gasteiger partial charge in [0.05, 0.1) is 0 Å². The molecule has 4 heteroatoms. The van der Waals surface area contributed by atoms with Crippen LogP contribution in [0.5, 0.6) is 0 Å². The molecule has 1 aromatic carbocycles. The van der Waals surface area contributed by atoms with E-state index in [-0.39, 0.29) is 0 Å². The Labute approximate surface area is 100.0 Å². The lowest BCUT2D eigenvalue weighted by molar-refractivity contribution is 0.184. The van der Waals surface area contributed by atoms with Crippen LogP contribution in [0.1, 0.15) is 18.4 Å². The molecule has 2 rings (SSSR count). The van der Waals surface area contributed by atoms with E-state index in [1.54, 1.807) is 6.07 Å². The van der Waals surface area contributed by atoms with Gasteiger partial charge in [0.15, 0.2) is 11.6 Å². The molecule has 1 N–H and O–H groups in total. The molecule has 1 fully saturated rings. The van der Waals surface area contributed by atoms with Crippen molar-refractivity contribution in [3.63, 3.8) is 0 Å². The Morgan fingerprint density at radius 3 is 2.88 bits per heavy atom. The number of hydrogen-bond donors (Lipinski definition) is 1.